The van der Waals surface area contributed by atoms with Crippen LogP contribution in [0.3, 0.4) is 0 Å². The Bertz CT molecular complexity index is 1180. The maximum absolute atomic E-state index is 12.0. The number of aliphatic hydroxyl groups is 1. The van der Waals surface area contributed by atoms with Crippen LogP contribution in [0, 0.1) is 0 Å². The minimum absolute atomic E-state index is 0.236. The SMILES string of the molecule is CCOC(=O)N1CCN(c2ccnn3cc(-c4ccc([C@]5(O)CCN(C(C)C)C5)cc4)cc23)CC1. The van der Waals surface area contributed by atoms with E-state index in [0.717, 1.165) is 53.9 Å². The molecule has 35 heavy (non-hydrogen) atoms. The molecule has 3 aromatic rings. The van der Waals surface area contributed by atoms with Crippen molar-refractivity contribution in [3.63, 3.8) is 0 Å². The van der Waals surface area contributed by atoms with Gasteiger partial charge in [-0.1, -0.05) is 24.3 Å². The Morgan fingerprint density at radius 1 is 1.09 bits per heavy atom. The number of carbonyl (C=O) groups is 1. The van der Waals surface area contributed by atoms with Crippen LogP contribution >= 0.6 is 0 Å². The Balaban J connectivity index is 1.34. The van der Waals surface area contributed by atoms with E-state index in [0.29, 0.717) is 32.3 Å². The molecule has 1 atom stereocenters. The van der Waals surface area contributed by atoms with Crippen LogP contribution in [0.25, 0.3) is 16.6 Å². The fourth-order valence-electron chi connectivity index (χ4n) is 5.24. The zero-order valence-corrected chi connectivity index (χ0v) is 20.9. The monoisotopic (exact) mass is 477 g/mol. The average Bonchev–Trinajstić information content (AvgIpc) is 3.49. The zero-order chi connectivity index (χ0) is 24.6. The predicted molar refractivity (Wildman–Crippen MR) is 137 cm³/mol. The van der Waals surface area contributed by atoms with E-state index in [4.69, 9.17) is 4.74 Å². The summed E-state index contributed by atoms with van der Waals surface area (Å²) in [6.07, 6.45) is 4.40. The zero-order valence-electron chi connectivity index (χ0n) is 20.9. The molecule has 2 aromatic heterocycles. The molecule has 8 heteroatoms. The second-order valence-electron chi connectivity index (χ2n) is 9.87. The number of likely N-dealkylation sites (tertiary alicyclic amines) is 1. The topological polar surface area (TPSA) is 73.5 Å². The van der Waals surface area contributed by atoms with E-state index in [1.807, 2.05) is 29.9 Å². The summed E-state index contributed by atoms with van der Waals surface area (Å²) in [6.45, 7) is 11.0. The van der Waals surface area contributed by atoms with Crippen LogP contribution in [0.5, 0.6) is 0 Å². The summed E-state index contributed by atoms with van der Waals surface area (Å²) in [4.78, 5) is 18.4. The maximum Gasteiger partial charge on any atom is 0.409 e. The smallest absolute Gasteiger partial charge is 0.409 e. The Morgan fingerprint density at radius 3 is 2.49 bits per heavy atom. The summed E-state index contributed by atoms with van der Waals surface area (Å²) < 4.78 is 7.06. The number of piperazine rings is 1. The normalized spacial score (nSPS) is 21.3. The molecule has 1 amide bonds. The summed E-state index contributed by atoms with van der Waals surface area (Å²) in [7, 11) is 0. The molecule has 0 bridgehead atoms. The number of anilines is 1. The number of β-amino-alcohol motifs (C(OH)–C–C–N with tert-alkyl or cyclic N) is 1. The van der Waals surface area contributed by atoms with Gasteiger partial charge in [0.15, 0.2) is 0 Å². The predicted octanol–water partition coefficient (Wildman–Crippen LogP) is 3.58. The second kappa shape index (κ2) is 9.51. The van der Waals surface area contributed by atoms with E-state index in [1.165, 1.54) is 0 Å². The third kappa shape index (κ3) is 4.60. The Labute approximate surface area is 206 Å². The van der Waals surface area contributed by atoms with Crippen molar-refractivity contribution >= 4 is 17.3 Å². The summed E-state index contributed by atoms with van der Waals surface area (Å²) in [5.41, 5.74) is 4.53. The van der Waals surface area contributed by atoms with Crippen molar-refractivity contribution in [1.29, 1.82) is 0 Å². The lowest BCUT2D eigenvalue weighted by Crippen LogP contribution is -2.49. The van der Waals surface area contributed by atoms with Crippen LogP contribution in [0.4, 0.5) is 10.5 Å². The van der Waals surface area contributed by atoms with E-state index < -0.39 is 5.60 Å². The highest BCUT2D eigenvalue weighted by Gasteiger charge is 2.38. The van der Waals surface area contributed by atoms with Crippen LogP contribution in [0.1, 0.15) is 32.8 Å². The molecule has 186 valence electrons. The van der Waals surface area contributed by atoms with Crippen LogP contribution < -0.4 is 4.90 Å². The van der Waals surface area contributed by atoms with Gasteiger partial charge in [0.05, 0.1) is 17.8 Å². The first-order chi connectivity index (χ1) is 16.9. The minimum atomic E-state index is -0.783. The highest BCUT2D eigenvalue weighted by Crippen LogP contribution is 2.35. The molecule has 4 heterocycles. The van der Waals surface area contributed by atoms with Crippen LogP contribution in [0.2, 0.25) is 0 Å². The molecule has 5 rings (SSSR count). The molecule has 1 aromatic carbocycles. The van der Waals surface area contributed by atoms with Gasteiger partial charge in [-0.15, -0.1) is 0 Å². The number of carbonyl (C=O) groups excluding carboxylic acids is 1. The van der Waals surface area contributed by atoms with Gasteiger partial charge in [-0.2, -0.15) is 5.10 Å². The van der Waals surface area contributed by atoms with Gasteiger partial charge in [-0.25, -0.2) is 9.31 Å². The van der Waals surface area contributed by atoms with Gasteiger partial charge < -0.3 is 19.6 Å². The Kier molecular flexibility index (Phi) is 6.42. The number of hydrogen-bond donors (Lipinski definition) is 1. The highest BCUT2D eigenvalue weighted by atomic mass is 16.6. The third-order valence-corrected chi connectivity index (χ3v) is 7.40. The van der Waals surface area contributed by atoms with Gasteiger partial charge in [-0.3, -0.25) is 4.90 Å². The van der Waals surface area contributed by atoms with Gasteiger partial charge in [0.25, 0.3) is 0 Å². The van der Waals surface area contributed by atoms with E-state index in [-0.39, 0.29) is 6.09 Å². The van der Waals surface area contributed by atoms with E-state index >= 15 is 0 Å². The van der Waals surface area contributed by atoms with Gasteiger partial charge in [0, 0.05) is 63.3 Å². The summed E-state index contributed by atoms with van der Waals surface area (Å²) in [5, 5.41) is 15.8. The first-order valence-electron chi connectivity index (χ1n) is 12.6. The number of nitrogens with zero attached hydrogens (tertiary/aromatic N) is 5. The summed E-state index contributed by atoms with van der Waals surface area (Å²) >= 11 is 0. The number of ether oxygens (including phenoxy) is 1. The number of rotatable bonds is 5. The lowest BCUT2D eigenvalue weighted by molar-refractivity contribution is 0.0425. The minimum Gasteiger partial charge on any atom is -0.450 e. The largest absolute Gasteiger partial charge is 0.450 e. The molecule has 0 saturated carbocycles. The molecule has 2 aliphatic heterocycles. The molecule has 0 radical (unpaired) electrons. The average molecular weight is 478 g/mol. The molecular formula is C27H35N5O3. The Hall–Kier alpha value is -3.10. The second-order valence-corrected chi connectivity index (χ2v) is 9.87. The molecule has 2 saturated heterocycles. The number of fused-ring (bicyclic) bond motifs is 1. The number of aromatic nitrogens is 2. The van der Waals surface area contributed by atoms with Crippen molar-refractivity contribution in [2.45, 2.75) is 38.8 Å². The van der Waals surface area contributed by atoms with Crippen LogP contribution in [0.15, 0.2) is 48.8 Å². The molecular weight excluding hydrogens is 442 g/mol. The Morgan fingerprint density at radius 2 is 1.83 bits per heavy atom. The van der Waals surface area contributed by atoms with E-state index in [1.54, 1.807) is 4.90 Å². The molecule has 0 unspecified atom stereocenters. The van der Waals surface area contributed by atoms with Crippen molar-refractivity contribution in [1.82, 2.24) is 19.4 Å². The lowest BCUT2D eigenvalue weighted by atomic mass is 9.91. The van der Waals surface area contributed by atoms with Crippen molar-refractivity contribution in [3.8, 4) is 11.1 Å². The standard InChI is InChI=1S/C27H35N5O3/c1-4-35-26(33)30-15-13-29(14-16-30)24-9-11-28-32-18-22(17-25(24)32)21-5-7-23(8-6-21)27(34)10-12-31(19-27)20(2)3/h5-9,11,17-18,20,34H,4,10,12-16,19H2,1-3H3/t27-/m0/s1. The molecule has 2 aliphatic rings. The van der Waals surface area contributed by atoms with Crippen LogP contribution in [-0.4, -0.2) is 82.5 Å². The van der Waals surface area contributed by atoms with E-state index in [2.05, 4.69) is 59.1 Å². The third-order valence-electron chi connectivity index (χ3n) is 7.40. The maximum atomic E-state index is 12.0. The summed E-state index contributed by atoms with van der Waals surface area (Å²) in [5.74, 6) is 0. The molecule has 0 aliphatic carbocycles. The molecule has 1 N–H and O–H groups in total. The van der Waals surface area contributed by atoms with Gasteiger partial charge in [0.2, 0.25) is 0 Å². The van der Waals surface area contributed by atoms with Gasteiger partial charge >= 0.3 is 6.09 Å². The van der Waals surface area contributed by atoms with Crippen molar-refractivity contribution in [3.05, 3.63) is 54.4 Å². The quantitative estimate of drug-likeness (QED) is 0.606. The lowest BCUT2D eigenvalue weighted by Gasteiger charge is -2.35. The fraction of sp³-hybridized carbons (Fsp3) is 0.481. The van der Waals surface area contributed by atoms with Gasteiger partial charge in [-0.05, 0) is 50.5 Å². The number of amides is 1. The number of benzene rings is 1. The fourth-order valence-corrected chi connectivity index (χ4v) is 5.24. The van der Waals surface area contributed by atoms with Crippen molar-refractivity contribution in [2.75, 3.05) is 50.8 Å². The first kappa shape index (κ1) is 23.6. The molecule has 8 nitrogen and oxygen atoms in total. The van der Waals surface area contributed by atoms with E-state index in [9.17, 15) is 9.90 Å². The molecule has 0 spiro atoms. The highest BCUT2D eigenvalue weighted by molar-refractivity contribution is 5.80. The van der Waals surface area contributed by atoms with Gasteiger partial charge in [0.1, 0.15) is 5.60 Å². The number of hydrogen-bond acceptors (Lipinski definition) is 6. The molecule has 2 fully saturated rings. The van der Waals surface area contributed by atoms with Crippen molar-refractivity contribution < 1.29 is 14.6 Å². The van der Waals surface area contributed by atoms with Crippen LogP contribution in [-0.2, 0) is 10.3 Å². The first-order valence-corrected chi connectivity index (χ1v) is 12.6. The van der Waals surface area contributed by atoms with Crippen molar-refractivity contribution in [2.24, 2.45) is 0 Å². The summed E-state index contributed by atoms with van der Waals surface area (Å²) in [6, 6.07) is 13.0.